The Kier molecular flexibility index (Phi) is 6.97. The predicted molar refractivity (Wildman–Crippen MR) is 120 cm³/mol. The maximum atomic E-state index is 13.7. The second kappa shape index (κ2) is 9.28. The molecular weight excluding hydrogens is 381 g/mol. The van der Waals surface area contributed by atoms with Crippen LogP contribution in [0.15, 0.2) is 36.4 Å². The minimum Gasteiger partial charge on any atom is -0.328 e. The fraction of sp³-hybridized carbons (Fsp3) is 0.458. The maximum absolute atomic E-state index is 13.7. The molecule has 0 N–H and O–H groups in total. The van der Waals surface area contributed by atoms with Gasteiger partial charge in [-0.15, -0.1) is 0 Å². The highest BCUT2D eigenvalue weighted by Gasteiger charge is 2.27. The van der Waals surface area contributed by atoms with Crippen LogP contribution in [0.3, 0.4) is 0 Å². The lowest BCUT2D eigenvalue weighted by molar-refractivity contribution is -0.118. The molecule has 2 aromatic carbocycles. The Balaban J connectivity index is 1.85. The highest BCUT2D eigenvalue weighted by Crippen LogP contribution is 2.54. The molecule has 0 radical (unpaired) electrons. The molecule has 2 aromatic rings. The van der Waals surface area contributed by atoms with E-state index in [1.165, 1.54) is 11.1 Å². The Hall–Kier alpha value is -1.90. The first kappa shape index (κ1) is 21.8. The van der Waals surface area contributed by atoms with Crippen molar-refractivity contribution in [2.45, 2.75) is 59.3 Å². The molecule has 3 rings (SSSR count). The Morgan fingerprint density at radius 3 is 2.52 bits per heavy atom. The van der Waals surface area contributed by atoms with E-state index in [9.17, 15) is 9.36 Å². The Morgan fingerprint density at radius 2 is 1.83 bits per heavy atom. The normalized spacial score (nSPS) is 15.9. The zero-order chi connectivity index (χ0) is 21.0. The van der Waals surface area contributed by atoms with Crippen molar-refractivity contribution in [1.29, 1.82) is 0 Å². The average Bonchev–Trinajstić information content (AvgIpc) is 2.66. The van der Waals surface area contributed by atoms with Gasteiger partial charge in [0.05, 0.1) is 18.9 Å². The van der Waals surface area contributed by atoms with Gasteiger partial charge in [-0.3, -0.25) is 9.36 Å². The largest absolute Gasteiger partial charge is 0.328 e. The van der Waals surface area contributed by atoms with Crippen LogP contribution in [0.25, 0.3) is 0 Å². The van der Waals surface area contributed by atoms with Gasteiger partial charge in [-0.1, -0.05) is 42.8 Å². The number of amides is 1. The van der Waals surface area contributed by atoms with E-state index in [1.54, 1.807) is 0 Å². The van der Waals surface area contributed by atoms with Crippen LogP contribution in [-0.4, -0.2) is 19.1 Å². The third-order valence-electron chi connectivity index (χ3n) is 5.49. The molecule has 0 saturated carbocycles. The van der Waals surface area contributed by atoms with E-state index < -0.39 is 7.37 Å². The first-order valence-electron chi connectivity index (χ1n) is 10.6. The van der Waals surface area contributed by atoms with Crippen molar-refractivity contribution in [3.63, 3.8) is 0 Å². The standard InChI is InChI=1S/C24H32NO3P/c1-5-13-25-23-11-8-20(15-21(23)10-12-24(25)26)16-29(27,28-6-2)17-22-9-7-18(3)14-19(22)4/h7-9,11,14-15H,5-6,10,12-13,16-17H2,1-4H3. The molecule has 29 heavy (non-hydrogen) atoms. The van der Waals surface area contributed by atoms with E-state index in [-0.39, 0.29) is 5.91 Å². The molecule has 0 bridgehead atoms. The molecule has 1 heterocycles. The molecule has 1 aliphatic rings. The number of carbonyl (C=O) groups excluding carboxylic acids is 1. The summed E-state index contributed by atoms with van der Waals surface area (Å²) in [5, 5.41) is 0. The lowest BCUT2D eigenvalue weighted by Gasteiger charge is -2.30. The maximum Gasteiger partial charge on any atom is 0.227 e. The number of fused-ring (bicyclic) bond motifs is 1. The van der Waals surface area contributed by atoms with E-state index in [4.69, 9.17) is 4.52 Å². The van der Waals surface area contributed by atoms with Crippen molar-refractivity contribution in [3.8, 4) is 0 Å². The van der Waals surface area contributed by atoms with Crippen LogP contribution in [-0.2, 0) is 32.6 Å². The van der Waals surface area contributed by atoms with Crippen molar-refractivity contribution in [2.24, 2.45) is 0 Å². The number of nitrogens with zero attached hydrogens (tertiary/aromatic N) is 1. The van der Waals surface area contributed by atoms with Gasteiger partial charge in [0.15, 0.2) is 0 Å². The monoisotopic (exact) mass is 413 g/mol. The van der Waals surface area contributed by atoms with Crippen molar-refractivity contribution < 1.29 is 13.9 Å². The molecule has 0 aliphatic carbocycles. The van der Waals surface area contributed by atoms with Gasteiger partial charge in [0.2, 0.25) is 13.3 Å². The summed E-state index contributed by atoms with van der Waals surface area (Å²) in [4.78, 5) is 14.2. The molecule has 5 heteroatoms. The molecule has 1 atom stereocenters. The summed E-state index contributed by atoms with van der Waals surface area (Å²) in [6.07, 6.45) is 3.09. The third kappa shape index (κ3) is 5.18. The summed E-state index contributed by atoms with van der Waals surface area (Å²) >= 11 is 0. The van der Waals surface area contributed by atoms with Gasteiger partial charge in [-0.25, -0.2) is 0 Å². The highest BCUT2D eigenvalue weighted by atomic mass is 31.2. The number of hydrogen-bond donors (Lipinski definition) is 0. The molecule has 156 valence electrons. The van der Waals surface area contributed by atoms with E-state index in [0.29, 0.717) is 25.4 Å². The quantitative estimate of drug-likeness (QED) is 0.498. The van der Waals surface area contributed by atoms with Gasteiger partial charge in [0, 0.05) is 18.7 Å². The molecule has 0 spiro atoms. The molecular formula is C24H32NO3P. The number of hydrogen-bond acceptors (Lipinski definition) is 3. The van der Waals surface area contributed by atoms with Crippen LogP contribution in [0.5, 0.6) is 0 Å². The molecule has 1 aliphatic heterocycles. The second-order valence-electron chi connectivity index (χ2n) is 7.99. The van der Waals surface area contributed by atoms with Crippen LogP contribution in [0.4, 0.5) is 5.69 Å². The van der Waals surface area contributed by atoms with Crippen LogP contribution in [0.1, 0.15) is 54.5 Å². The second-order valence-corrected chi connectivity index (χ2v) is 10.5. The van der Waals surface area contributed by atoms with Crippen LogP contribution >= 0.6 is 7.37 Å². The number of anilines is 1. The smallest absolute Gasteiger partial charge is 0.227 e. The molecule has 1 unspecified atom stereocenters. The van der Waals surface area contributed by atoms with Gasteiger partial charge in [0.25, 0.3) is 0 Å². The number of benzene rings is 2. The summed E-state index contributed by atoms with van der Waals surface area (Å²) in [5.74, 6) is 0.196. The van der Waals surface area contributed by atoms with Gasteiger partial charge >= 0.3 is 0 Å². The number of rotatable bonds is 8. The van der Waals surface area contributed by atoms with Crippen LogP contribution in [0, 0.1) is 13.8 Å². The Morgan fingerprint density at radius 1 is 1.03 bits per heavy atom. The van der Waals surface area contributed by atoms with Crippen molar-refractivity contribution in [1.82, 2.24) is 0 Å². The van der Waals surface area contributed by atoms with E-state index in [1.807, 2.05) is 24.0 Å². The van der Waals surface area contributed by atoms with Gasteiger partial charge in [-0.2, -0.15) is 0 Å². The van der Waals surface area contributed by atoms with Crippen LogP contribution in [0.2, 0.25) is 0 Å². The van der Waals surface area contributed by atoms with Gasteiger partial charge in [0.1, 0.15) is 0 Å². The lowest BCUT2D eigenvalue weighted by Crippen LogP contribution is -2.35. The summed E-state index contributed by atoms with van der Waals surface area (Å²) in [5.41, 5.74) is 6.65. The lowest BCUT2D eigenvalue weighted by atomic mass is 9.99. The zero-order valence-electron chi connectivity index (χ0n) is 18.0. The van der Waals surface area contributed by atoms with E-state index in [2.05, 4.69) is 45.0 Å². The fourth-order valence-electron chi connectivity index (χ4n) is 4.12. The van der Waals surface area contributed by atoms with Crippen LogP contribution < -0.4 is 4.90 Å². The number of aryl methyl sites for hydroxylation is 3. The summed E-state index contributed by atoms with van der Waals surface area (Å²) < 4.78 is 19.5. The Labute approximate surface area is 174 Å². The first-order valence-corrected chi connectivity index (χ1v) is 12.6. The van der Waals surface area contributed by atoms with E-state index in [0.717, 1.165) is 41.8 Å². The predicted octanol–water partition coefficient (Wildman–Crippen LogP) is 6.01. The van der Waals surface area contributed by atoms with Gasteiger partial charge in [-0.05, 0) is 61.9 Å². The van der Waals surface area contributed by atoms with Gasteiger partial charge < -0.3 is 9.42 Å². The summed E-state index contributed by atoms with van der Waals surface area (Å²) in [6, 6.07) is 12.4. The first-order chi connectivity index (χ1) is 13.8. The van der Waals surface area contributed by atoms with Crippen molar-refractivity contribution in [2.75, 3.05) is 18.1 Å². The highest BCUT2D eigenvalue weighted by molar-refractivity contribution is 7.57. The molecule has 4 nitrogen and oxygen atoms in total. The zero-order valence-corrected chi connectivity index (χ0v) is 18.9. The minimum absolute atomic E-state index is 0.196. The molecule has 0 fully saturated rings. The minimum atomic E-state index is -2.86. The molecule has 0 aromatic heterocycles. The SMILES string of the molecule is CCCN1C(=O)CCc2cc(CP(=O)(Cc3ccc(C)cc3C)OCC)ccc21. The summed E-state index contributed by atoms with van der Waals surface area (Å²) in [7, 11) is -2.86. The third-order valence-corrected chi connectivity index (χ3v) is 7.89. The van der Waals surface area contributed by atoms with Crippen molar-refractivity contribution >= 4 is 19.0 Å². The Bertz CT molecular complexity index is 938. The molecule has 1 amide bonds. The topological polar surface area (TPSA) is 46.6 Å². The molecule has 0 saturated heterocycles. The number of carbonyl (C=O) groups is 1. The summed E-state index contributed by atoms with van der Waals surface area (Å²) in [6.45, 7) is 9.30. The average molecular weight is 413 g/mol. The fourth-order valence-corrected chi connectivity index (χ4v) is 6.52. The van der Waals surface area contributed by atoms with E-state index >= 15 is 0 Å². The van der Waals surface area contributed by atoms with Crippen molar-refractivity contribution in [3.05, 3.63) is 64.2 Å².